The van der Waals surface area contributed by atoms with Crippen molar-refractivity contribution in [2.75, 3.05) is 20.6 Å². The maximum absolute atomic E-state index is 13.3. The van der Waals surface area contributed by atoms with Gasteiger partial charge < -0.3 is 4.90 Å². The van der Waals surface area contributed by atoms with Crippen LogP contribution in [0.4, 0.5) is 0 Å². The summed E-state index contributed by atoms with van der Waals surface area (Å²) in [5.41, 5.74) is 3.21. The molecule has 1 heterocycles. The summed E-state index contributed by atoms with van der Waals surface area (Å²) in [6.45, 7) is 2.90. The fraction of sp³-hybridized carbons (Fsp3) is 0.318. The van der Waals surface area contributed by atoms with Crippen molar-refractivity contribution >= 4 is 20.9 Å². The SMILES string of the molecule is Cc1ccc(S(=O)(=O)n2cc(C3CC3CN(C)C)c3cc(C#N)ccc32)cc1. The Balaban J connectivity index is 1.86. The monoisotopic (exact) mass is 393 g/mol. The number of hydrogen-bond donors (Lipinski definition) is 0. The van der Waals surface area contributed by atoms with E-state index in [1.165, 1.54) is 3.97 Å². The van der Waals surface area contributed by atoms with Crippen LogP contribution < -0.4 is 0 Å². The lowest BCUT2D eigenvalue weighted by atomic mass is 10.1. The molecule has 4 rings (SSSR count). The van der Waals surface area contributed by atoms with Gasteiger partial charge in [-0.15, -0.1) is 0 Å². The average molecular weight is 394 g/mol. The Bertz CT molecular complexity index is 1180. The molecule has 0 bridgehead atoms. The molecule has 1 saturated carbocycles. The average Bonchev–Trinajstić information content (AvgIpc) is 3.29. The topological polar surface area (TPSA) is 66.1 Å². The van der Waals surface area contributed by atoms with E-state index in [1.54, 1.807) is 42.6 Å². The first-order valence-electron chi connectivity index (χ1n) is 9.33. The maximum atomic E-state index is 13.3. The van der Waals surface area contributed by atoms with Crippen LogP contribution in [0.25, 0.3) is 10.9 Å². The van der Waals surface area contributed by atoms with Gasteiger partial charge in [0.05, 0.1) is 22.0 Å². The van der Waals surface area contributed by atoms with Gasteiger partial charge in [-0.1, -0.05) is 17.7 Å². The van der Waals surface area contributed by atoms with E-state index >= 15 is 0 Å². The van der Waals surface area contributed by atoms with Gasteiger partial charge in [-0.3, -0.25) is 0 Å². The quantitative estimate of drug-likeness (QED) is 0.663. The molecule has 1 aliphatic rings. The number of rotatable bonds is 5. The van der Waals surface area contributed by atoms with E-state index in [2.05, 4.69) is 11.0 Å². The highest BCUT2D eigenvalue weighted by atomic mass is 32.2. The van der Waals surface area contributed by atoms with E-state index in [0.717, 1.165) is 29.5 Å². The number of fused-ring (bicyclic) bond motifs is 1. The molecular weight excluding hydrogens is 370 g/mol. The zero-order valence-corrected chi connectivity index (χ0v) is 17.1. The second-order valence-electron chi connectivity index (χ2n) is 7.91. The van der Waals surface area contributed by atoms with Crippen molar-refractivity contribution in [3.8, 4) is 6.07 Å². The van der Waals surface area contributed by atoms with Crippen LogP contribution in [0.2, 0.25) is 0 Å². The molecule has 3 aromatic rings. The molecule has 2 unspecified atom stereocenters. The summed E-state index contributed by atoms with van der Waals surface area (Å²) in [6.07, 6.45) is 2.81. The molecule has 0 saturated heterocycles. The van der Waals surface area contributed by atoms with Gasteiger partial charge in [0, 0.05) is 18.1 Å². The molecule has 0 amide bonds. The van der Waals surface area contributed by atoms with Crippen LogP contribution in [-0.4, -0.2) is 37.9 Å². The fourth-order valence-electron chi connectivity index (χ4n) is 3.91. The third-order valence-corrected chi connectivity index (χ3v) is 7.12. The predicted octanol–water partition coefficient (Wildman–Crippen LogP) is 3.72. The first-order valence-corrected chi connectivity index (χ1v) is 10.8. The van der Waals surface area contributed by atoms with E-state index in [9.17, 15) is 13.7 Å². The normalized spacial score (nSPS) is 19.1. The lowest BCUT2D eigenvalue weighted by Crippen LogP contribution is -2.15. The van der Waals surface area contributed by atoms with Crippen LogP contribution in [0, 0.1) is 24.2 Å². The molecule has 2 aromatic carbocycles. The maximum Gasteiger partial charge on any atom is 0.268 e. The first kappa shape index (κ1) is 18.7. The van der Waals surface area contributed by atoms with Crippen molar-refractivity contribution in [3.05, 3.63) is 65.4 Å². The molecule has 1 aliphatic carbocycles. The summed E-state index contributed by atoms with van der Waals surface area (Å²) < 4.78 is 28.0. The van der Waals surface area contributed by atoms with Gasteiger partial charge in [0.1, 0.15) is 0 Å². The minimum atomic E-state index is -3.70. The Hall–Kier alpha value is -2.62. The molecule has 0 N–H and O–H groups in total. The number of benzene rings is 2. The molecule has 1 aromatic heterocycles. The summed E-state index contributed by atoms with van der Waals surface area (Å²) in [5.74, 6) is 0.843. The standard InChI is InChI=1S/C22H23N3O2S/c1-15-4-7-18(8-5-15)28(26,27)25-14-21(19-11-17(19)13-24(2)3)20-10-16(12-23)6-9-22(20)25/h4-10,14,17,19H,11,13H2,1-3H3. The zero-order chi connectivity index (χ0) is 20.1. The molecule has 144 valence electrons. The van der Waals surface area contributed by atoms with Gasteiger partial charge in [-0.2, -0.15) is 5.26 Å². The van der Waals surface area contributed by atoms with Gasteiger partial charge in [-0.05, 0) is 75.2 Å². The van der Waals surface area contributed by atoms with Crippen LogP contribution >= 0.6 is 0 Å². The Kier molecular flexibility index (Phi) is 4.53. The van der Waals surface area contributed by atoms with Crippen molar-refractivity contribution in [1.82, 2.24) is 8.87 Å². The predicted molar refractivity (Wildman–Crippen MR) is 110 cm³/mol. The van der Waals surface area contributed by atoms with Crippen molar-refractivity contribution < 1.29 is 8.42 Å². The van der Waals surface area contributed by atoms with Gasteiger partial charge in [-0.25, -0.2) is 12.4 Å². The highest BCUT2D eigenvalue weighted by Crippen LogP contribution is 2.50. The Labute approximate surface area is 165 Å². The summed E-state index contributed by atoms with van der Waals surface area (Å²) in [7, 11) is 0.396. The van der Waals surface area contributed by atoms with Gasteiger partial charge in [0.25, 0.3) is 10.0 Å². The van der Waals surface area contributed by atoms with E-state index in [4.69, 9.17) is 0 Å². The molecule has 5 nitrogen and oxygen atoms in total. The number of aromatic nitrogens is 1. The summed E-state index contributed by atoms with van der Waals surface area (Å²) >= 11 is 0. The molecule has 28 heavy (non-hydrogen) atoms. The van der Waals surface area contributed by atoms with Gasteiger partial charge >= 0.3 is 0 Å². The van der Waals surface area contributed by atoms with Crippen LogP contribution in [0.15, 0.2) is 53.6 Å². The summed E-state index contributed by atoms with van der Waals surface area (Å²) in [4.78, 5) is 2.43. The fourth-order valence-corrected chi connectivity index (χ4v) is 5.29. The highest BCUT2D eigenvalue weighted by molar-refractivity contribution is 7.90. The lowest BCUT2D eigenvalue weighted by Gasteiger charge is -2.08. The Morgan fingerprint density at radius 3 is 2.54 bits per heavy atom. The Morgan fingerprint density at radius 1 is 1.18 bits per heavy atom. The first-order chi connectivity index (χ1) is 13.3. The minimum Gasteiger partial charge on any atom is -0.309 e. The van der Waals surface area contributed by atoms with Crippen molar-refractivity contribution in [1.29, 1.82) is 5.26 Å². The third-order valence-electron chi connectivity index (χ3n) is 5.43. The van der Waals surface area contributed by atoms with E-state index in [0.29, 0.717) is 22.9 Å². The van der Waals surface area contributed by atoms with Crippen LogP contribution in [0.5, 0.6) is 0 Å². The van der Waals surface area contributed by atoms with Crippen LogP contribution in [0.3, 0.4) is 0 Å². The van der Waals surface area contributed by atoms with E-state index < -0.39 is 10.0 Å². The minimum absolute atomic E-state index is 0.270. The molecule has 2 atom stereocenters. The smallest absolute Gasteiger partial charge is 0.268 e. The lowest BCUT2D eigenvalue weighted by molar-refractivity contribution is 0.385. The summed E-state index contributed by atoms with van der Waals surface area (Å²) in [6, 6.07) is 14.3. The third kappa shape index (κ3) is 3.21. The molecule has 0 radical (unpaired) electrons. The largest absolute Gasteiger partial charge is 0.309 e. The van der Waals surface area contributed by atoms with Crippen LogP contribution in [0.1, 0.15) is 29.0 Å². The zero-order valence-electron chi connectivity index (χ0n) is 16.3. The summed E-state index contributed by atoms with van der Waals surface area (Å²) in [5, 5.41) is 10.2. The molecule has 0 spiro atoms. The van der Waals surface area contributed by atoms with Crippen LogP contribution in [-0.2, 0) is 10.0 Å². The second-order valence-corrected chi connectivity index (χ2v) is 9.72. The van der Waals surface area contributed by atoms with Crippen molar-refractivity contribution in [2.24, 2.45) is 5.92 Å². The second kappa shape index (κ2) is 6.77. The highest BCUT2D eigenvalue weighted by Gasteiger charge is 2.40. The van der Waals surface area contributed by atoms with Gasteiger partial charge in [0.15, 0.2) is 0 Å². The number of hydrogen-bond acceptors (Lipinski definition) is 4. The molecule has 0 aliphatic heterocycles. The van der Waals surface area contributed by atoms with Gasteiger partial charge in [0.2, 0.25) is 0 Å². The molecular formula is C22H23N3O2S. The molecule has 6 heteroatoms. The van der Waals surface area contributed by atoms with Crippen molar-refractivity contribution in [2.45, 2.75) is 24.2 Å². The van der Waals surface area contributed by atoms with E-state index in [-0.39, 0.29) is 4.90 Å². The molecule has 1 fully saturated rings. The van der Waals surface area contributed by atoms with Crippen molar-refractivity contribution in [3.63, 3.8) is 0 Å². The Morgan fingerprint density at radius 2 is 1.89 bits per heavy atom. The number of nitriles is 1. The number of aryl methyl sites for hydroxylation is 1. The van der Waals surface area contributed by atoms with E-state index in [1.807, 2.05) is 27.1 Å². The number of nitrogens with zero attached hydrogens (tertiary/aromatic N) is 3.